The van der Waals surface area contributed by atoms with Crippen molar-refractivity contribution in [1.82, 2.24) is 4.57 Å². The zero-order valence-corrected chi connectivity index (χ0v) is 24.0. The molecule has 3 heterocycles. The summed E-state index contributed by atoms with van der Waals surface area (Å²) in [7, 11) is 1.60. The molecular formula is C32H30N2O6S. The van der Waals surface area contributed by atoms with Crippen LogP contribution in [0.25, 0.3) is 16.8 Å². The lowest BCUT2D eigenvalue weighted by Crippen LogP contribution is -2.40. The molecule has 1 atom stereocenters. The normalized spacial score (nSPS) is 16.4. The second kappa shape index (κ2) is 11.2. The van der Waals surface area contributed by atoms with E-state index in [-0.39, 0.29) is 12.2 Å². The number of rotatable bonds is 7. The molecule has 0 amide bonds. The number of carbonyl (C=O) groups is 1. The average molecular weight is 571 g/mol. The Kier molecular flexibility index (Phi) is 7.36. The van der Waals surface area contributed by atoms with Crippen LogP contribution in [0.5, 0.6) is 17.2 Å². The molecule has 0 bridgehead atoms. The SMILES string of the molecule is CCCC1=C(C(=O)OCC)C(c2c(OC)ccc3ccccc23)n2c(s/c(=C\c3ccc4c(c3)OCCO4)c2=O)=N1. The third-order valence-electron chi connectivity index (χ3n) is 7.18. The minimum Gasteiger partial charge on any atom is -0.496 e. The van der Waals surface area contributed by atoms with Crippen molar-refractivity contribution in [2.75, 3.05) is 26.9 Å². The number of aromatic nitrogens is 1. The highest BCUT2D eigenvalue weighted by Gasteiger charge is 2.37. The van der Waals surface area contributed by atoms with Crippen LogP contribution >= 0.6 is 11.3 Å². The fourth-order valence-electron chi connectivity index (χ4n) is 5.43. The molecule has 0 fully saturated rings. The van der Waals surface area contributed by atoms with Crippen molar-refractivity contribution in [1.29, 1.82) is 0 Å². The van der Waals surface area contributed by atoms with Gasteiger partial charge in [0.15, 0.2) is 16.3 Å². The summed E-state index contributed by atoms with van der Waals surface area (Å²) in [6.45, 7) is 4.99. The van der Waals surface area contributed by atoms with Crippen molar-refractivity contribution in [3.63, 3.8) is 0 Å². The van der Waals surface area contributed by atoms with Crippen LogP contribution in [-0.4, -0.2) is 37.5 Å². The van der Waals surface area contributed by atoms with Gasteiger partial charge in [0.2, 0.25) is 0 Å². The van der Waals surface area contributed by atoms with E-state index in [0.717, 1.165) is 28.3 Å². The Balaban J connectivity index is 1.64. The summed E-state index contributed by atoms with van der Waals surface area (Å²) in [4.78, 5) is 33.3. The largest absolute Gasteiger partial charge is 0.496 e. The molecule has 2 aliphatic heterocycles. The van der Waals surface area contributed by atoms with Crippen LogP contribution in [0.4, 0.5) is 0 Å². The van der Waals surface area contributed by atoms with Crippen LogP contribution in [0.2, 0.25) is 0 Å². The number of methoxy groups -OCH3 is 1. The Hall–Kier alpha value is -4.37. The number of fused-ring (bicyclic) bond motifs is 3. The molecule has 1 unspecified atom stereocenters. The Morgan fingerprint density at radius 1 is 1.10 bits per heavy atom. The summed E-state index contributed by atoms with van der Waals surface area (Å²) in [6.07, 6.45) is 3.16. The number of esters is 1. The molecule has 6 rings (SSSR count). The quantitative estimate of drug-likeness (QED) is 0.304. The second-order valence-electron chi connectivity index (χ2n) is 9.72. The van der Waals surface area contributed by atoms with Gasteiger partial charge in [-0.05, 0) is 54.0 Å². The molecule has 1 aromatic heterocycles. The maximum absolute atomic E-state index is 14.2. The summed E-state index contributed by atoms with van der Waals surface area (Å²) in [5.41, 5.74) is 2.27. The van der Waals surface area contributed by atoms with Gasteiger partial charge in [-0.1, -0.05) is 61.1 Å². The average Bonchev–Trinajstić information content (AvgIpc) is 3.30. The highest BCUT2D eigenvalue weighted by Crippen LogP contribution is 2.41. The molecule has 0 saturated heterocycles. The molecule has 41 heavy (non-hydrogen) atoms. The van der Waals surface area contributed by atoms with Crippen LogP contribution < -0.4 is 29.1 Å². The van der Waals surface area contributed by atoms with Crippen molar-refractivity contribution in [3.8, 4) is 17.2 Å². The summed E-state index contributed by atoms with van der Waals surface area (Å²) in [5.74, 6) is 1.42. The number of carbonyl (C=O) groups excluding carboxylic acids is 1. The van der Waals surface area contributed by atoms with Crippen LogP contribution in [-0.2, 0) is 9.53 Å². The Morgan fingerprint density at radius 2 is 1.90 bits per heavy atom. The summed E-state index contributed by atoms with van der Waals surface area (Å²) in [5, 5.41) is 1.86. The first-order valence-corrected chi connectivity index (χ1v) is 14.5. The van der Waals surface area contributed by atoms with Gasteiger partial charge >= 0.3 is 5.97 Å². The smallest absolute Gasteiger partial charge is 0.338 e. The highest BCUT2D eigenvalue weighted by atomic mass is 32.1. The number of hydrogen-bond donors (Lipinski definition) is 0. The van der Waals surface area contributed by atoms with Crippen molar-refractivity contribution >= 4 is 34.2 Å². The van der Waals surface area contributed by atoms with E-state index >= 15 is 0 Å². The second-order valence-corrected chi connectivity index (χ2v) is 10.7. The maximum Gasteiger partial charge on any atom is 0.338 e. The van der Waals surface area contributed by atoms with E-state index in [1.807, 2.05) is 67.6 Å². The molecule has 0 N–H and O–H groups in total. The molecule has 9 heteroatoms. The molecule has 0 saturated carbocycles. The van der Waals surface area contributed by atoms with Crippen LogP contribution in [0.1, 0.15) is 43.9 Å². The van der Waals surface area contributed by atoms with Crippen molar-refractivity contribution in [2.45, 2.75) is 32.7 Å². The van der Waals surface area contributed by atoms with Gasteiger partial charge in [0.25, 0.3) is 5.56 Å². The number of allylic oxidation sites excluding steroid dienone is 1. The predicted octanol–water partition coefficient (Wildman–Crippen LogP) is 4.51. The molecule has 4 aromatic rings. The predicted molar refractivity (Wildman–Crippen MR) is 158 cm³/mol. The van der Waals surface area contributed by atoms with Gasteiger partial charge in [0, 0.05) is 5.56 Å². The number of hydrogen-bond acceptors (Lipinski definition) is 8. The van der Waals surface area contributed by atoms with Crippen molar-refractivity contribution in [2.24, 2.45) is 4.99 Å². The van der Waals surface area contributed by atoms with E-state index in [2.05, 4.69) is 0 Å². The fraction of sp³-hybridized carbons (Fsp3) is 0.281. The number of nitrogens with zero attached hydrogens (tertiary/aromatic N) is 2. The molecule has 0 spiro atoms. The summed E-state index contributed by atoms with van der Waals surface area (Å²) >= 11 is 1.30. The van der Waals surface area contributed by atoms with E-state index in [0.29, 0.717) is 57.5 Å². The first-order valence-electron chi connectivity index (χ1n) is 13.7. The Labute approximate surface area is 240 Å². The molecule has 0 radical (unpaired) electrons. The van der Waals surface area contributed by atoms with Gasteiger partial charge in [-0.2, -0.15) is 0 Å². The summed E-state index contributed by atoms with van der Waals surface area (Å²) < 4.78 is 24.9. The monoisotopic (exact) mass is 570 g/mol. The first kappa shape index (κ1) is 26.8. The molecule has 8 nitrogen and oxygen atoms in total. The number of ether oxygens (including phenoxy) is 4. The highest BCUT2D eigenvalue weighted by molar-refractivity contribution is 7.07. The van der Waals surface area contributed by atoms with Gasteiger partial charge < -0.3 is 18.9 Å². The lowest BCUT2D eigenvalue weighted by molar-refractivity contribution is -0.139. The molecule has 210 valence electrons. The summed E-state index contributed by atoms with van der Waals surface area (Å²) in [6, 6.07) is 16.6. The van der Waals surface area contributed by atoms with Crippen LogP contribution in [0.15, 0.2) is 75.7 Å². The Morgan fingerprint density at radius 3 is 2.68 bits per heavy atom. The topological polar surface area (TPSA) is 88.4 Å². The molecule has 0 aliphatic carbocycles. The van der Waals surface area contributed by atoms with Crippen LogP contribution in [0, 0.1) is 0 Å². The lowest BCUT2D eigenvalue weighted by atomic mass is 9.90. The minimum atomic E-state index is -0.782. The zero-order valence-electron chi connectivity index (χ0n) is 23.1. The maximum atomic E-state index is 14.2. The van der Waals surface area contributed by atoms with Crippen molar-refractivity contribution < 1.29 is 23.7 Å². The number of thiazole rings is 1. The van der Waals surface area contributed by atoms with E-state index in [9.17, 15) is 9.59 Å². The molecule has 2 aliphatic rings. The molecule has 3 aromatic carbocycles. The van der Waals surface area contributed by atoms with E-state index < -0.39 is 12.0 Å². The zero-order chi connectivity index (χ0) is 28.5. The van der Waals surface area contributed by atoms with Gasteiger partial charge in [-0.15, -0.1) is 0 Å². The third-order valence-corrected chi connectivity index (χ3v) is 8.16. The fourth-order valence-corrected chi connectivity index (χ4v) is 6.45. The van der Waals surface area contributed by atoms with Crippen LogP contribution in [0.3, 0.4) is 0 Å². The lowest BCUT2D eigenvalue weighted by Gasteiger charge is -2.28. The standard InChI is InChI=1S/C32H30N2O6S/c1-4-8-22-28(31(36)38-5-2)29(27-21-10-7-6-9-20(21)12-14-24(27)37-3)34-30(35)26(41-32(34)33-22)18-19-11-13-23-25(17-19)40-16-15-39-23/h6-7,9-14,17-18,29H,4-5,8,15-16H2,1-3H3/b26-18-. The van der Waals surface area contributed by atoms with E-state index in [4.69, 9.17) is 23.9 Å². The third kappa shape index (κ3) is 4.80. The van der Waals surface area contributed by atoms with Gasteiger partial charge in [-0.25, -0.2) is 9.79 Å². The van der Waals surface area contributed by atoms with Gasteiger partial charge in [0.1, 0.15) is 25.0 Å². The molecular weight excluding hydrogens is 540 g/mol. The van der Waals surface area contributed by atoms with E-state index in [1.165, 1.54) is 11.3 Å². The van der Waals surface area contributed by atoms with Gasteiger partial charge in [-0.3, -0.25) is 9.36 Å². The van der Waals surface area contributed by atoms with E-state index in [1.54, 1.807) is 18.6 Å². The number of benzene rings is 3. The first-order chi connectivity index (χ1) is 20.0. The van der Waals surface area contributed by atoms with Gasteiger partial charge in [0.05, 0.1) is 29.5 Å². The Bertz CT molecular complexity index is 1870. The van der Waals surface area contributed by atoms with Crippen molar-refractivity contribution in [3.05, 3.63) is 96.7 Å². The minimum absolute atomic E-state index is 0.204.